The van der Waals surface area contributed by atoms with Gasteiger partial charge in [-0.1, -0.05) is 0 Å². The molecule has 1 aliphatic rings. The van der Waals surface area contributed by atoms with E-state index in [4.69, 9.17) is 4.74 Å². The Balaban J connectivity index is 2.63. The number of halogens is 1. The first-order valence-electron chi connectivity index (χ1n) is 5.06. The smallest absolute Gasteiger partial charge is 0.413 e. The molecule has 0 saturated carbocycles. The van der Waals surface area contributed by atoms with Crippen LogP contribution in [0, 0.1) is 0 Å². The van der Waals surface area contributed by atoms with E-state index in [0.29, 0.717) is 0 Å². The van der Waals surface area contributed by atoms with Gasteiger partial charge in [0.25, 0.3) is 6.47 Å². The van der Waals surface area contributed by atoms with Crippen LogP contribution in [0.2, 0.25) is 0 Å². The number of carbonyl (C=O) groups excluding carboxylic acids is 2. The van der Waals surface area contributed by atoms with Crippen molar-refractivity contribution in [2.45, 2.75) is 45.2 Å². The molecule has 0 unspecified atom stereocenters. The van der Waals surface area contributed by atoms with E-state index in [2.05, 4.69) is 4.74 Å². The highest BCUT2D eigenvalue weighted by Crippen LogP contribution is 2.23. The van der Waals surface area contributed by atoms with Crippen molar-refractivity contribution in [2.75, 3.05) is 6.54 Å². The van der Waals surface area contributed by atoms with Gasteiger partial charge in [-0.15, -0.1) is 0 Å². The number of ether oxygens (including phenoxy) is 2. The van der Waals surface area contributed by atoms with Gasteiger partial charge < -0.3 is 9.47 Å². The van der Waals surface area contributed by atoms with Crippen molar-refractivity contribution in [3.63, 3.8) is 0 Å². The maximum absolute atomic E-state index is 13.1. The van der Waals surface area contributed by atoms with E-state index in [1.54, 1.807) is 20.8 Å². The summed E-state index contributed by atoms with van der Waals surface area (Å²) >= 11 is 0. The number of rotatable bonds is 2. The molecule has 0 spiro atoms. The summed E-state index contributed by atoms with van der Waals surface area (Å²) in [4.78, 5) is 22.9. The molecule has 0 aliphatic carbocycles. The number of hydrogen-bond acceptors (Lipinski definition) is 4. The van der Waals surface area contributed by atoms with E-state index < -0.39 is 24.1 Å². The van der Waals surface area contributed by atoms with Crippen LogP contribution >= 0.6 is 0 Å². The predicted molar refractivity (Wildman–Crippen MR) is 53.4 cm³/mol. The summed E-state index contributed by atoms with van der Waals surface area (Å²) in [6.45, 7) is 5.24. The zero-order valence-electron chi connectivity index (χ0n) is 9.60. The third-order valence-electron chi connectivity index (χ3n) is 2.04. The zero-order valence-corrected chi connectivity index (χ0v) is 9.60. The highest BCUT2D eigenvalue weighted by molar-refractivity contribution is 5.69. The normalized spacial score (nSPS) is 25.4. The standard InChI is InChI=1S/C10H16FNO4/c1-10(2,3)16-9(14)12-5-7(11)4-8(12)15-6-13/h6-8H,4-5H2,1-3H3/t7-,8-/m0/s1. The Morgan fingerprint density at radius 1 is 1.50 bits per heavy atom. The van der Waals surface area contributed by atoms with Crippen LogP contribution in [0.1, 0.15) is 27.2 Å². The maximum atomic E-state index is 13.1. The first-order valence-corrected chi connectivity index (χ1v) is 5.06. The van der Waals surface area contributed by atoms with E-state index in [9.17, 15) is 14.0 Å². The summed E-state index contributed by atoms with van der Waals surface area (Å²) in [7, 11) is 0. The maximum Gasteiger partial charge on any atom is 0.413 e. The van der Waals surface area contributed by atoms with E-state index in [1.165, 1.54) is 0 Å². The van der Waals surface area contributed by atoms with Crippen LogP contribution < -0.4 is 0 Å². The van der Waals surface area contributed by atoms with Crippen LogP contribution in [0.25, 0.3) is 0 Å². The van der Waals surface area contributed by atoms with E-state index in [1.807, 2.05) is 0 Å². The minimum Gasteiger partial charge on any atom is -0.444 e. The third-order valence-corrected chi connectivity index (χ3v) is 2.04. The lowest BCUT2D eigenvalue weighted by molar-refractivity contribution is -0.139. The topological polar surface area (TPSA) is 55.8 Å². The van der Waals surface area contributed by atoms with Crippen LogP contribution in [0.15, 0.2) is 0 Å². The van der Waals surface area contributed by atoms with Gasteiger partial charge in [-0.3, -0.25) is 9.69 Å². The van der Waals surface area contributed by atoms with Crippen molar-refractivity contribution >= 4 is 12.6 Å². The van der Waals surface area contributed by atoms with Gasteiger partial charge in [0.05, 0.1) is 6.54 Å². The van der Waals surface area contributed by atoms with Gasteiger partial charge in [-0.25, -0.2) is 9.18 Å². The Hall–Kier alpha value is -1.33. The Morgan fingerprint density at radius 2 is 2.12 bits per heavy atom. The first-order chi connectivity index (χ1) is 7.33. The van der Waals surface area contributed by atoms with Crippen molar-refractivity contribution in [3.8, 4) is 0 Å². The summed E-state index contributed by atoms with van der Waals surface area (Å²) in [5.41, 5.74) is -0.656. The van der Waals surface area contributed by atoms with Gasteiger partial charge in [-0.05, 0) is 20.8 Å². The summed E-state index contributed by atoms with van der Waals surface area (Å²) in [6.07, 6.45) is -2.71. The van der Waals surface area contributed by atoms with Crippen LogP contribution in [-0.4, -0.2) is 42.0 Å². The van der Waals surface area contributed by atoms with E-state index >= 15 is 0 Å². The number of likely N-dealkylation sites (tertiary alicyclic amines) is 1. The molecule has 1 amide bonds. The lowest BCUT2D eigenvalue weighted by Gasteiger charge is -2.27. The molecule has 1 aliphatic heterocycles. The Morgan fingerprint density at radius 3 is 2.62 bits per heavy atom. The molecule has 5 nitrogen and oxygen atoms in total. The van der Waals surface area contributed by atoms with Crippen molar-refractivity contribution in [1.82, 2.24) is 4.90 Å². The predicted octanol–water partition coefficient (Wildman–Crippen LogP) is 1.46. The number of carbonyl (C=O) groups is 2. The van der Waals surface area contributed by atoms with Gasteiger partial charge in [-0.2, -0.15) is 0 Å². The molecule has 6 heteroatoms. The lowest BCUT2D eigenvalue weighted by atomic mass is 10.2. The number of nitrogens with zero attached hydrogens (tertiary/aromatic N) is 1. The fraction of sp³-hybridized carbons (Fsp3) is 0.800. The largest absolute Gasteiger partial charge is 0.444 e. The van der Waals surface area contributed by atoms with Crippen molar-refractivity contribution in [2.24, 2.45) is 0 Å². The van der Waals surface area contributed by atoms with Crippen LogP contribution in [-0.2, 0) is 14.3 Å². The molecular weight excluding hydrogens is 217 g/mol. The quantitative estimate of drug-likeness (QED) is 0.677. The molecule has 1 saturated heterocycles. The second kappa shape index (κ2) is 4.67. The van der Waals surface area contributed by atoms with Gasteiger partial charge in [0.1, 0.15) is 11.8 Å². The molecule has 2 atom stereocenters. The van der Waals surface area contributed by atoms with Gasteiger partial charge in [0, 0.05) is 6.42 Å². The number of alkyl halides is 1. The molecule has 1 heterocycles. The fourth-order valence-electron chi connectivity index (χ4n) is 1.46. The highest BCUT2D eigenvalue weighted by atomic mass is 19.1. The summed E-state index contributed by atoms with van der Waals surface area (Å²) in [6, 6.07) is 0. The summed E-state index contributed by atoms with van der Waals surface area (Å²) in [5.74, 6) is 0. The monoisotopic (exact) mass is 233 g/mol. The van der Waals surface area contributed by atoms with Crippen molar-refractivity contribution in [1.29, 1.82) is 0 Å². The lowest BCUT2D eigenvalue weighted by Crippen LogP contribution is -2.41. The number of hydrogen-bond donors (Lipinski definition) is 0. The summed E-state index contributed by atoms with van der Waals surface area (Å²) in [5, 5.41) is 0. The average molecular weight is 233 g/mol. The molecule has 1 rings (SSSR count). The van der Waals surface area contributed by atoms with Crippen LogP contribution in [0.5, 0.6) is 0 Å². The Labute approximate surface area is 93.5 Å². The summed E-state index contributed by atoms with van der Waals surface area (Å²) < 4.78 is 22.8. The molecule has 0 aromatic heterocycles. The minimum atomic E-state index is -1.18. The molecule has 0 aromatic rings. The molecular formula is C10H16FNO4. The highest BCUT2D eigenvalue weighted by Gasteiger charge is 2.38. The molecule has 0 radical (unpaired) electrons. The molecule has 16 heavy (non-hydrogen) atoms. The minimum absolute atomic E-state index is 0.00200. The SMILES string of the molecule is CC(C)(C)OC(=O)N1C[C@@H](F)C[C@@H]1OC=O. The van der Waals surface area contributed by atoms with Crippen molar-refractivity contribution in [3.05, 3.63) is 0 Å². The second-order valence-electron chi connectivity index (χ2n) is 4.65. The second-order valence-corrected chi connectivity index (χ2v) is 4.65. The van der Waals surface area contributed by atoms with Crippen LogP contribution in [0.3, 0.4) is 0 Å². The molecule has 92 valence electrons. The van der Waals surface area contributed by atoms with Gasteiger partial charge in [0.15, 0.2) is 6.23 Å². The molecule has 1 fully saturated rings. The van der Waals surface area contributed by atoms with Crippen molar-refractivity contribution < 1.29 is 23.5 Å². The average Bonchev–Trinajstić information content (AvgIpc) is 2.44. The Bertz CT molecular complexity index is 276. The third kappa shape index (κ3) is 3.36. The first kappa shape index (κ1) is 12.7. The van der Waals surface area contributed by atoms with E-state index in [-0.39, 0.29) is 19.4 Å². The zero-order chi connectivity index (χ0) is 12.3. The van der Waals surface area contributed by atoms with Gasteiger partial charge >= 0.3 is 6.09 Å². The van der Waals surface area contributed by atoms with E-state index in [0.717, 1.165) is 4.90 Å². The van der Waals surface area contributed by atoms with Crippen LogP contribution in [0.4, 0.5) is 9.18 Å². The van der Waals surface area contributed by atoms with Gasteiger partial charge in [0.2, 0.25) is 0 Å². The Kier molecular flexibility index (Phi) is 3.72. The fourth-order valence-corrected chi connectivity index (χ4v) is 1.46. The molecule has 0 N–H and O–H groups in total. The molecule has 0 bridgehead atoms. The number of amides is 1. The molecule has 0 aromatic carbocycles.